The highest BCUT2D eigenvalue weighted by Gasteiger charge is 2.55. The first-order valence-corrected chi connectivity index (χ1v) is 9.47. The Balaban J connectivity index is 1.48. The van der Waals surface area contributed by atoms with E-state index in [1.54, 1.807) is 48.5 Å². The molecule has 0 radical (unpaired) electrons. The molecule has 1 saturated heterocycles. The van der Waals surface area contributed by atoms with Crippen molar-refractivity contribution in [2.75, 3.05) is 16.8 Å². The van der Waals surface area contributed by atoms with E-state index in [9.17, 15) is 14.4 Å². The largest absolute Gasteiger partial charge is 0.324 e. The molecule has 2 aliphatic rings. The number of amides is 3. The van der Waals surface area contributed by atoms with Crippen LogP contribution >= 0.6 is 27.5 Å². The average Bonchev–Trinajstić information content (AvgIpc) is 3.18. The van der Waals surface area contributed by atoms with E-state index in [0.29, 0.717) is 16.4 Å². The van der Waals surface area contributed by atoms with Crippen LogP contribution in [-0.4, -0.2) is 41.4 Å². The maximum absolute atomic E-state index is 12.9. The number of benzene rings is 2. The Hall–Kier alpha value is -2.78. The van der Waals surface area contributed by atoms with Gasteiger partial charge < -0.3 is 5.32 Å². The predicted molar refractivity (Wildman–Crippen MR) is 106 cm³/mol. The molecular weight excluding hydrogens is 450 g/mol. The van der Waals surface area contributed by atoms with Crippen LogP contribution in [0.4, 0.5) is 11.4 Å². The first-order chi connectivity index (χ1) is 13.4. The van der Waals surface area contributed by atoms with Crippen LogP contribution in [0.15, 0.2) is 63.3 Å². The summed E-state index contributed by atoms with van der Waals surface area (Å²) in [5.41, 5.74) is 1.01. The van der Waals surface area contributed by atoms with Crippen LogP contribution in [0.1, 0.15) is 0 Å². The first-order valence-electron chi connectivity index (χ1n) is 8.30. The molecule has 0 aliphatic carbocycles. The number of halogens is 2. The van der Waals surface area contributed by atoms with E-state index in [2.05, 4.69) is 31.6 Å². The molecule has 4 rings (SSSR count). The molecule has 142 valence electrons. The van der Waals surface area contributed by atoms with E-state index in [0.717, 1.165) is 9.37 Å². The SMILES string of the molecule is O=C(CN1N=NC2C(=O)N(c3ccc(Br)cc3)C(=O)C21)Nc1ccc(Cl)cc1. The molecule has 0 bridgehead atoms. The second-order valence-electron chi connectivity index (χ2n) is 6.24. The van der Waals surface area contributed by atoms with E-state index < -0.39 is 23.9 Å². The van der Waals surface area contributed by atoms with Gasteiger partial charge in [0.15, 0.2) is 12.1 Å². The van der Waals surface area contributed by atoms with Crippen LogP contribution in [0.2, 0.25) is 5.02 Å². The molecule has 2 heterocycles. The van der Waals surface area contributed by atoms with Crippen molar-refractivity contribution in [1.82, 2.24) is 5.01 Å². The molecule has 0 aromatic heterocycles. The van der Waals surface area contributed by atoms with Gasteiger partial charge in [0.05, 0.1) is 5.69 Å². The van der Waals surface area contributed by atoms with Crippen LogP contribution in [-0.2, 0) is 14.4 Å². The Morgan fingerprint density at radius 1 is 1.07 bits per heavy atom. The summed E-state index contributed by atoms with van der Waals surface area (Å²) < 4.78 is 0.829. The third-order valence-electron chi connectivity index (χ3n) is 4.38. The highest BCUT2D eigenvalue weighted by atomic mass is 79.9. The Labute approximate surface area is 173 Å². The van der Waals surface area contributed by atoms with Crippen molar-refractivity contribution in [2.24, 2.45) is 10.3 Å². The molecule has 0 spiro atoms. The number of fused-ring (bicyclic) bond motifs is 1. The fourth-order valence-electron chi connectivity index (χ4n) is 3.08. The molecular formula is C18H13BrClN5O3. The van der Waals surface area contributed by atoms with Crippen LogP contribution < -0.4 is 10.2 Å². The van der Waals surface area contributed by atoms with Crippen molar-refractivity contribution in [1.29, 1.82) is 0 Å². The minimum atomic E-state index is -0.945. The number of hydrogen-bond acceptors (Lipinski definition) is 6. The monoisotopic (exact) mass is 461 g/mol. The standard InChI is InChI=1S/C18H13BrClN5O3/c19-10-1-7-13(8-2-10)25-17(27)15-16(18(25)28)24(23-22-15)9-14(26)21-12-5-3-11(20)4-6-12/h1-8,15-16H,9H2,(H,21,26). The second-order valence-corrected chi connectivity index (χ2v) is 7.59. The summed E-state index contributed by atoms with van der Waals surface area (Å²) in [7, 11) is 0. The molecule has 2 aromatic rings. The van der Waals surface area contributed by atoms with E-state index >= 15 is 0 Å². The number of imide groups is 1. The van der Waals surface area contributed by atoms with E-state index in [1.807, 2.05) is 0 Å². The zero-order chi connectivity index (χ0) is 19.8. The fourth-order valence-corrected chi connectivity index (χ4v) is 3.47. The molecule has 8 nitrogen and oxygen atoms in total. The normalized spacial score (nSPS) is 20.6. The highest BCUT2D eigenvalue weighted by Crippen LogP contribution is 2.32. The van der Waals surface area contributed by atoms with Gasteiger partial charge >= 0.3 is 0 Å². The van der Waals surface area contributed by atoms with Gasteiger partial charge in [0, 0.05) is 15.2 Å². The predicted octanol–water partition coefficient (Wildman–Crippen LogP) is 3.03. The lowest BCUT2D eigenvalue weighted by Crippen LogP contribution is -2.43. The van der Waals surface area contributed by atoms with Gasteiger partial charge in [0.25, 0.3) is 11.8 Å². The van der Waals surface area contributed by atoms with Gasteiger partial charge in [0.2, 0.25) is 5.91 Å². The van der Waals surface area contributed by atoms with Crippen molar-refractivity contribution >= 4 is 56.6 Å². The smallest absolute Gasteiger partial charge is 0.263 e. The highest BCUT2D eigenvalue weighted by molar-refractivity contribution is 9.10. The van der Waals surface area contributed by atoms with Crippen LogP contribution in [0.3, 0.4) is 0 Å². The van der Waals surface area contributed by atoms with Crippen LogP contribution in [0.25, 0.3) is 0 Å². The van der Waals surface area contributed by atoms with Gasteiger partial charge in [-0.15, -0.1) is 0 Å². The first kappa shape index (κ1) is 18.6. The molecule has 3 amide bonds. The fraction of sp³-hybridized carbons (Fsp3) is 0.167. The second kappa shape index (κ2) is 7.33. The molecule has 28 heavy (non-hydrogen) atoms. The van der Waals surface area contributed by atoms with Gasteiger partial charge in [-0.25, -0.2) is 4.90 Å². The molecule has 0 saturated carbocycles. The summed E-state index contributed by atoms with van der Waals surface area (Å²) in [5.74, 6) is -1.30. The zero-order valence-corrected chi connectivity index (χ0v) is 16.6. The number of carbonyl (C=O) groups is 3. The summed E-state index contributed by atoms with van der Waals surface area (Å²) in [6, 6.07) is 11.6. The topological polar surface area (TPSA) is 94.4 Å². The average molecular weight is 463 g/mol. The summed E-state index contributed by atoms with van der Waals surface area (Å²) in [6.07, 6.45) is 0. The minimum Gasteiger partial charge on any atom is -0.324 e. The van der Waals surface area contributed by atoms with Crippen molar-refractivity contribution in [3.63, 3.8) is 0 Å². The van der Waals surface area contributed by atoms with Gasteiger partial charge in [-0.3, -0.25) is 19.4 Å². The lowest BCUT2D eigenvalue weighted by atomic mass is 10.1. The summed E-state index contributed by atoms with van der Waals surface area (Å²) in [6.45, 7) is -0.208. The van der Waals surface area contributed by atoms with E-state index in [-0.39, 0.29) is 12.5 Å². The number of hydrogen-bond donors (Lipinski definition) is 1. The molecule has 2 unspecified atom stereocenters. The quantitative estimate of drug-likeness (QED) is 0.707. The van der Waals surface area contributed by atoms with E-state index in [1.165, 1.54) is 5.01 Å². The van der Waals surface area contributed by atoms with Crippen molar-refractivity contribution < 1.29 is 14.4 Å². The van der Waals surface area contributed by atoms with E-state index in [4.69, 9.17) is 11.6 Å². The summed E-state index contributed by atoms with van der Waals surface area (Å²) in [4.78, 5) is 38.9. The molecule has 1 N–H and O–H groups in total. The summed E-state index contributed by atoms with van der Waals surface area (Å²) in [5, 5.41) is 12.3. The Morgan fingerprint density at radius 3 is 2.43 bits per heavy atom. The number of carbonyl (C=O) groups excluding carboxylic acids is 3. The third kappa shape index (κ3) is 3.38. The molecule has 10 heteroatoms. The minimum absolute atomic E-state index is 0.208. The van der Waals surface area contributed by atoms with Gasteiger partial charge in [-0.05, 0) is 48.5 Å². The van der Waals surface area contributed by atoms with Gasteiger partial charge in [0.1, 0.15) is 6.54 Å². The van der Waals surface area contributed by atoms with Gasteiger partial charge in [-0.1, -0.05) is 32.8 Å². The maximum atomic E-state index is 12.9. The van der Waals surface area contributed by atoms with Gasteiger partial charge in [-0.2, -0.15) is 5.11 Å². The molecule has 2 atom stereocenters. The Kier molecular flexibility index (Phi) is 4.86. The third-order valence-corrected chi connectivity index (χ3v) is 5.16. The Morgan fingerprint density at radius 2 is 1.75 bits per heavy atom. The van der Waals surface area contributed by atoms with Crippen LogP contribution in [0.5, 0.6) is 0 Å². The molecule has 2 aliphatic heterocycles. The van der Waals surface area contributed by atoms with Crippen LogP contribution in [0, 0.1) is 0 Å². The van der Waals surface area contributed by atoms with Crippen molar-refractivity contribution in [3.8, 4) is 0 Å². The number of anilines is 2. The van der Waals surface area contributed by atoms with Crippen molar-refractivity contribution in [2.45, 2.75) is 12.1 Å². The lowest BCUT2D eigenvalue weighted by molar-refractivity contribution is -0.123. The number of nitrogens with one attached hydrogen (secondary N) is 1. The maximum Gasteiger partial charge on any atom is 0.263 e. The Bertz CT molecular complexity index is 980. The van der Waals surface area contributed by atoms with Crippen molar-refractivity contribution in [3.05, 3.63) is 58.0 Å². The molecule has 1 fully saturated rings. The number of nitrogens with zero attached hydrogens (tertiary/aromatic N) is 4. The zero-order valence-electron chi connectivity index (χ0n) is 14.3. The lowest BCUT2D eigenvalue weighted by Gasteiger charge is -2.20. The summed E-state index contributed by atoms with van der Waals surface area (Å²) >= 11 is 9.14. The molecule has 2 aromatic carbocycles. The number of rotatable bonds is 4.